The number of benzene rings is 1. The SMILES string of the molecule is Cc1ccc(S(=O)(=O)CC2COC(C)(C)O2)cc1.[H+]. The summed E-state index contributed by atoms with van der Waals surface area (Å²) in [6.45, 7) is 5.81. The summed E-state index contributed by atoms with van der Waals surface area (Å²) in [4.78, 5) is 0.335. The lowest BCUT2D eigenvalue weighted by atomic mass is 10.2. The molecule has 0 radical (unpaired) electrons. The molecule has 18 heavy (non-hydrogen) atoms. The summed E-state index contributed by atoms with van der Waals surface area (Å²) in [7, 11) is -3.32. The largest absolute Gasteiger partial charge is 1.00 e. The van der Waals surface area contributed by atoms with Gasteiger partial charge in [0.1, 0.15) is 0 Å². The zero-order valence-corrected chi connectivity index (χ0v) is 11.7. The molecule has 2 rings (SSSR count). The number of ether oxygens (including phenoxy) is 2. The molecule has 1 aromatic rings. The molecular formula is C13H19O4S+. The van der Waals surface area contributed by atoms with Gasteiger partial charge in [-0.3, -0.25) is 0 Å². The zero-order valence-electron chi connectivity index (χ0n) is 11.8. The van der Waals surface area contributed by atoms with Crippen LogP contribution in [0.25, 0.3) is 0 Å². The fourth-order valence-electron chi connectivity index (χ4n) is 1.93. The van der Waals surface area contributed by atoms with Crippen molar-refractivity contribution in [2.45, 2.75) is 37.6 Å². The molecule has 0 N–H and O–H groups in total. The van der Waals surface area contributed by atoms with E-state index in [2.05, 4.69) is 0 Å². The summed E-state index contributed by atoms with van der Waals surface area (Å²) >= 11 is 0. The second-order valence-corrected chi connectivity index (χ2v) is 7.08. The minimum Gasteiger partial charge on any atom is -0.348 e. The third kappa shape index (κ3) is 3.10. The summed E-state index contributed by atoms with van der Waals surface area (Å²) in [5.74, 6) is -0.729. The molecule has 0 saturated carbocycles. The number of aryl methyl sites for hydroxylation is 1. The van der Waals surface area contributed by atoms with Crippen LogP contribution in [0.1, 0.15) is 20.8 Å². The van der Waals surface area contributed by atoms with E-state index in [1.54, 1.807) is 38.1 Å². The van der Waals surface area contributed by atoms with Gasteiger partial charge in [0.05, 0.1) is 23.4 Å². The first-order valence-corrected chi connectivity index (χ1v) is 7.55. The summed E-state index contributed by atoms with van der Waals surface area (Å²) in [5, 5.41) is 0. The number of hydrogen-bond acceptors (Lipinski definition) is 4. The average molecular weight is 271 g/mol. The Hall–Kier alpha value is -0.910. The van der Waals surface area contributed by atoms with E-state index >= 15 is 0 Å². The molecular weight excluding hydrogens is 252 g/mol. The van der Waals surface area contributed by atoms with Gasteiger partial charge in [-0.2, -0.15) is 0 Å². The van der Waals surface area contributed by atoms with Crippen molar-refractivity contribution in [3.8, 4) is 0 Å². The molecule has 0 bridgehead atoms. The van der Waals surface area contributed by atoms with Crippen molar-refractivity contribution in [1.29, 1.82) is 0 Å². The second-order valence-electron chi connectivity index (χ2n) is 5.05. The zero-order chi connectivity index (χ0) is 13.4. The van der Waals surface area contributed by atoms with Crippen molar-refractivity contribution in [1.82, 2.24) is 0 Å². The van der Waals surface area contributed by atoms with Gasteiger partial charge in [0.15, 0.2) is 15.6 Å². The smallest absolute Gasteiger partial charge is 0.348 e. The molecule has 5 heteroatoms. The third-order valence-electron chi connectivity index (χ3n) is 2.85. The van der Waals surface area contributed by atoms with Crippen molar-refractivity contribution < 1.29 is 19.3 Å². The minimum atomic E-state index is -3.32. The van der Waals surface area contributed by atoms with E-state index in [0.29, 0.717) is 11.5 Å². The highest BCUT2D eigenvalue weighted by atomic mass is 32.2. The summed E-state index contributed by atoms with van der Waals surface area (Å²) in [6, 6.07) is 6.85. The fourth-order valence-corrected chi connectivity index (χ4v) is 3.33. The van der Waals surface area contributed by atoms with E-state index in [1.807, 2.05) is 6.92 Å². The first kappa shape index (κ1) is 13.5. The van der Waals surface area contributed by atoms with Crippen LogP contribution < -0.4 is 0 Å². The lowest BCUT2D eigenvalue weighted by Gasteiger charge is -2.17. The first-order valence-electron chi connectivity index (χ1n) is 5.90. The van der Waals surface area contributed by atoms with Crippen molar-refractivity contribution >= 4 is 9.84 Å². The highest BCUT2D eigenvalue weighted by Crippen LogP contribution is 2.24. The highest BCUT2D eigenvalue weighted by Gasteiger charge is 2.35. The van der Waals surface area contributed by atoms with Crippen LogP contribution in [-0.4, -0.2) is 32.7 Å². The van der Waals surface area contributed by atoms with E-state index in [-0.39, 0.29) is 7.18 Å². The van der Waals surface area contributed by atoms with Gasteiger partial charge in [-0.25, -0.2) is 8.42 Å². The van der Waals surface area contributed by atoms with Crippen LogP contribution in [0.3, 0.4) is 0 Å². The molecule has 1 saturated heterocycles. The molecule has 100 valence electrons. The quantitative estimate of drug-likeness (QED) is 0.844. The molecule has 1 aliphatic heterocycles. The summed E-state index contributed by atoms with van der Waals surface area (Å²) in [6.07, 6.45) is -0.397. The van der Waals surface area contributed by atoms with Gasteiger partial charge in [0.25, 0.3) is 0 Å². The molecule has 1 unspecified atom stereocenters. The van der Waals surface area contributed by atoms with Gasteiger partial charge in [-0.05, 0) is 32.9 Å². The Labute approximate surface area is 109 Å². The highest BCUT2D eigenvalue weighted by molar-refractivity contribution is 7.91. The van der Waals surface area contributed by atoms with Crippen LogP contribution in [0.5, 0.6) is 0 Å². The molecule has 0 aromatic heterocycles. The molecule has 4 nitrogen and oxygen atoms in total. The third-order valence-corrected chi connectivity index (χ3v) is 4.65. The standard InChI is InChI=1S/C13H18O4S/c1-10-4-6-12(7-5-10)18(14,15)9-11-8-16-13(2,3)17-11/h4-7,11H,8-9H2,1-3H3/p+1. The molecule has 0 aliphatic carbocycles. The lowest BCUT2D eigenvalue weighted by Crippen LogP contribution is -2.26. The van der Waals surface area contributed by atoms with E-state index in [1.165, 1.54) is 0 Å². The maximum absolute atomic E-state index is 12.2. The van der Waals surface area contributed by atoms with E-state index in [0.717, 1.165) is 5.56 Å². The lowest BCUT2D eigenvalue weighted by molar-refractivity contribution is -0.135. The van der Waals surface area contributed by atoms with Crippen molar-refractivity contribution in [2.24, 2.45) is 0 Å². The Morgan fingerprint density at radius 3 is 2.44 bits per heavy atom. The van der Waals surface area contributed by atoms with Gasteiger partial charge in [-0.1, -0.05) is 17.7 Å². The molecule has 1 aromatic carbocycles. The van der Waals surface area contributed by atoms with E-state index in [9.17, 15) is 8.42 Å². The van der Waals surface area contributed by atoms with Crippen molar-refractivity contribution in [3.63, 3.8) is 0 Å². The van der Waals surface area contributed by atoms with Crippen LogP contribution in [0, 0.1) is 6.92 Å². The Bertz CT molecular complexity index is 522. The predicted molar refractivity (Wildman–Crippen MR) is 69.2 cm³/mol. The molecule has 1 heterocycles. The van der Waals surface area contributed by atoms with Crippen LogP contribution in [0.15, 0.2) is 29.2 Å². The normalized spacial score (nSPS) is 23.2. The minimum absolute atomic E-state index is 0. The summed E-state index contributed by atoms with van der Waals surface area (Å²) in [5.41, 5.74) is 1.04. The average Bonchev–Trinajstić information content (AvgIpc) is 2.57. The van der Waals surface area contributed by atoms with E-state index < -0.39 is 21.7 Å². The second kappa shape index (κ2) is 4.64. The fraction of sp³-hybridized carbons (Fsp3) is 0.538. The van der Waals surface area contributed by atoms with Crippen LogP contribution in [0.4, 0.5) is 0 Å². The van der Waals surface area contributed by atoms with E-state index in [4.69, 9.17) is 9.47 Å². The Morgan fingerprint density at radius 2 is 1.94 bits per heavy atom. The Balaban J connectivity index is 0.00000180. The molecule has 1 atom stereocenters. The summed E-state index contributed by atoms with van der Waals surface area (Å²) < 4.78 is 35.2. The van der Waals surface area contributed by atoms with Gasteiger partial charge < -0.3 is 9.47 Å². The number of sulfone groups is 1. The van der Waals surface area contributed by atoms with Crippen LogP contribution in [0.2, 0.25) is 0 Å². The number of rotatable bonds is 3. The topological polar surface area (TPSA) is 52.6 Å². The van der Waals surface area contributed by atoms with Gasteiger partial charge in [0, 0.05) is 0 Å². The first-order chi connectivity index (χ1) is 8.28. The maximum atomic E-state index is 12.2. The van der Waals surface area contributed by atoms with Gasteiger partial charge in [-0.15, -0.1) is 0 Å². The molecule has 0 amide bonds. The van der Waals surface area contributed by atoms with Gasteiger partial charge in [0.2, 0.25) is 0 Å². The molecule has 1 fully saturated rings. The predicted octanol–water partition coefficient (Wildman–Crippen LogP) is 2.03. The Morgan fingerprint density at radius 1 is 1.33 bits per heavy atom. The maximum Gasteiger partial charge on any atom is 1.00 e. The van der Waals surface area contributed by atoms with Crippen molar-refractivity contribution in [2.75, 3.05) is 12.4 Å². The van der Waals surface area contributed by atoms with Gasteiger partial charge >= 0.3 is 1.43 Å². The monoisotopic (exact) mass is 271 g/mol. The van der Waals surface area contributed by atoms with Crippen LogP contribution in [-0.2, 0) is 19.3 Å². The molecule has 1 aliphatic rings. The number of hydrogen-bond donors (Lipinski definition) is 0. The van der Waals surface area contributed by atoms with Crippen LogP contribution >= 0.6 is 0 Å². The van der Waals surface area contributed by atoms with Crippen molar-refractivity contribution in [3.05, 3.63) is 29.8 Å². The Kier molecular flexibility index (Phi) is 3.49. The molecule has 0 spiro atoms.